The first-order valence-corrected chi connectivity index (χ1v) is 11.6. The standard InChI is InChI=1S/C23H25N3O3S2/c1-23(2,3)14-5-6-15-16(12-24)21(31-19(15)11-14)26-22(30)25-20(27)13-4-7-17-18(10-13)29-9-8-28-17/h4,7,10,14H,5-6,8-9,11H2,1-3H3,(H2,25,26,27,30). The number of thiocarbonyl (C=S) groups is 1. The van der Waals surface area contributed by atoms with Gasteiger partial charge in [-0.3, -0.25) is 10.1 Å². The van der Waals surface area contributed by atoms with E-state index in [1.54, 1.807) is 29.5 Å². The van der Waals surface area contributed by atoms with Gasteiger partial charge in [0.2, 0.25) is 0 Å². The zero-order chi connectivity index (χ0) is 22.2. The molecule has 6 nitrogen and oxygen atoms in total. The number of nitrogens with one attached hydrogen (secondary N) is 2. The molecule has 31 heavy (non-hydrogen) atoms. The van der Waals surface area contributed by atoms with E-state index in [2.05, 4.69) is 37.5 Å². The number of nitrogens with zero attached hydrogens (tertiary/aromatic N) is 1. The number of carbonyl (C=O) groups is 1. The van der Waals surface area contributed by atoms with Gasteiger partial charge in [-0.2, -0.15) is 5.26 Å². The van der Waals surface area contributed by atoms with E-state index in [0.717, 1.165) is 24.8 Å². The number of nitriles is 1. The van der Waals surface area contributed by atoms with E-state index < -0.39 is 0 Å². The summed E-state index contributed by atoms with van der Waals surface area (Å²) in [6.07, 6.45) is 2.94. The lowest BCUT2D eigenvalue weighted by molar-refractivity contribution is 0.0976. The fourth-order valence-electron chi connectivity index (χ4n) is 4.03. The van der Waals surface area contributed by atoms with Gasteiger partial charge in [0, 0.05) is 10.4 Å². The molecule has 0 fully saturated rings. The summed E-state index contributed by atoms with van der Waals surface area (Å²) in [4.78, 5) is 13.9. The highest BCUT2D eigenvalue weighted by molar-refractivity contribution is 7.80. The summed E-state index contributed by atoms with van der Waals surface area (Å²) in [7, 11) is 0. The van der Waals surface area contributed by atoms with Gasteiger partial charge in [0.25, 0.3) is 5.91 Å². The maximum atomic E-state index is 12.6. The van der Waals surface area contributed by atoms with E-state index in [-0.39, 0.29) is 16.4 Å². The Morgan fingerprint density at radius 1 is 1.26 bits per heavy atom. The summed E-state index contributed by atoms with van der Waals surface area (Å²) >= 11 is 6.93. The lowest BCUT2D eigenvalue weighted by atomic mass is 9.72. The normalized spacial score (nSPS) is 17.3. The molecule has 8 heteroatoms. The van der Waals surface area contributed by atoms with Crippen molar-refractivity contribution in [2.24, 2.45) is 11.3 Å². The molecule has 162 valence electrons. The monoisotopic (exact) mass is 455 g/mol. The topological polar surface area (TPSA) is 83.4 Å². The van der Waals surface area contributed by atoms with Gasteiger partial charge in [0.15, 0.2) is 16.6 Å². The molecule has 1 aromatic heterocycles. The second kappa shape index (κ2) is 8.48. The van der Waals surface area contributed by atoms with E-state index in [9.17, 15) is 10.1 Å². The van der Waals surface area contributed by atoms with Crippen molar-refractivity contribution in [3.63, 3.8) is 0 Å². The van der Waals surface area contributed by atoms with Crippen molar-refractivity contribution in [3.05, 3.63) is 39.8 Å². The molecule has 1 unspecified atom stereocenters. The van der Waals surface area contributed by atoms with Crippen molar-refractivity contribution < 1.29 is 14.3 Å². The third-order valence-corrected chi connectivity index (χ3v) is 7.23. The average Bonchev–Trinajstić information content (AvgIpc) is 3.08. The van der Waals surface area contributed by atoms with Crippen molar-refractivity contribution in [2.45, 2.75) is 40.0 Å². The minimum absolute atomic E-state index is 0.169. The molecule has 2 heterocycles. The highest BCUT2D eigenvalue weighted by Gasteiger charge is 2.32. The van der Waals surface area contributed by atoms with Crippen molar-refractivity contribution in [3.8, 4) is 17.6 Å². The van der Waals surface area contributed by atoms with Gasteiger partial charge in [-0.1, -0.05) is 20.8 Å². The van der Waals surface area contributed by atoms with Crippen LogP contribution in [0.3, 0.4) is 0 Å². The molecule has 0 radical (unpaired) electrons. The Kier molecular flexibility index (Phi) is 5.91. The predicted molar refractivity (Wildman–Crippen MR) is 125 cm³/mol. The Balaban J connectivity index is 1.46. The van der Waals surface area contributed by atoms with E-state index >= 15 is 0 Å². The predicted octanol–water partition coefficient (Wildman–Crippen LogP) is 4.67. The number of hydrogen-bond acceptors (Lipinski definition) is 6. The lowest BCUT2D eigenvalue weighted by Crippen LogP contribution is -2.34. The molecule has 1 amide bonds. The number of benzene rings is 1. The van der Waals surface area contributed by atoms with Crippen LogP contribution in [0.1, 0.15) is 53.6 Å². The Labute approximate surface area is 191 Å². The van der Waals surface area contributed by atoms with Crippen LogP contribution in [0.2, 0.25) is 0 Å². The molecule has 1 atom stereocenters. The Hall–Kier alpha value is -2.63. The van der Waals surface area contributed by atoms with Crippen LogP contribution in [0.15, 0.2) is 18.2 Å². The Bertz CT molecular complexity index is 1080. The first kappa shape index (κ1) is 21.6. The van der Waals surface area contributed by atoms with Crippen molar-refractivity contribution >= 4 is 39.6 Å². The molecule has 0 bridgehead atoms. The summed E-state index contributed by atoms with van der Waals surface area (Å²) in [5, 5.41) is 16.4. The molecule has 1 aliphatic heterocycles. The maximum absolute atomic E-state index is 12.6. The molecule has 2 aromatic rings. The summed E-state index contributed by atoms with van der Waals surface area (Å²) in [6, 6.07) is 7.35. The number of ether oxygens (including phenoxy) is 2. The van der Waals surface area contributed by atoms with Crippen LogP contribution in [0.5, 0.6) is 11.5 Å². The highest BCUT2D eigenvalue weighted by atomic mass is 32.1. The minimum atomic E-state index is -0.345. The maximum Gasteiger partial charge on any atom is 0.257 e. The second-order valence-corrected chi connectivity index (χ2v) is 10.4. The van der Waals surface area contributed by atoms with Crippen molar-refractivity contribution in [2.75, 3.05) is 18.5 Å². The number of fused-ring (bicyclic) bond motifs is 2. The van der Waals surface area contributed by atoms with Crippen LogP contribution in [-0.4, -0.2) is 24.2 Å². The van der Waals surface area contributed by atoms with Gasteiger partial charge < -0.3 is 14.8 Å². The van der Waals surface area contributed by atoms with Gasteiger partial charge in [0.1, 0.15) is 24.3 Å². The van der Waals surface area contributed by atoms with Crippen molar-refractivity contribution in [1.29, 1.82) is 5.26 Å². The summed E-state index contributed by atoms with van der Waals surface area (Å²) in [6.45, 7) is 7.75. The summed E-state index contributed by atoms with van der Waals surface area (Å²) in [5.41, 5.74) is 2.42. The molecule has 1 aromatic carbocycles. The minimum Gasteiger partial charge on any atom is -0.486 e. The molecule has 0 spiro atoms. The van der Waals surface area contributed by atoms with E-state index in [1.807, 2.05) is 0 Å². The Morgan fingerprint density at radius 3 is 2.71 bits per heavy atom. The zero-order valence-corrected chi connectivity index (χ0v) is 19.5. The lowest BCUT2D eigenvalue weighted by Gasteiger charge is -2.33. The van der Waals surface area contributed by atoms with Crippen molar-refractivity contribution in [1.82, 2.24) is 5.32 Å². The van der Waals surface area contributed by atoms with Crippen LogP contribution in [0.25, 0.3) is 0 Å². The van der Waals surface area contributed by atoms with Crippen LogP contribution in [0, 0.1) is 22.7 Å². The highest BCUT2D eigenvalue weighted by Crippen LogP contribution is 2.44. The smallest absolute Gasteiger partial charge is 0.257 e. The molecular weight excluding hydrogens is 430 g/mol. The van der Waals surface area contributed by atoms with Crippen LogP contribution < -0.4 is 20.1 Å². The zero-order valence-electron chi connectivity index (χ0n) is 17.8. The third kappa shape index (κ3) is 4.53. The van der Waals surface area contributed by atoms with Gasteiger partial charge in [-0.05, 0) is 66.6 Å². The quantitative estimate of drug-likeness (QED) is 0.641. The van der Waals surface area contributed by atoms with Gasteiger partial charge in [0.05, 0.1) is 5.56 Å². The second-order valence-electron chi connectivity index (χ2n) is 8.89. The largest absolute Gasteiger partial charge is 0.486 e. The summed E-state index contributed by atoms with van der Waals surface area (Å²) in [5.74, 6) is 1.41. The Morgan fingerprint density at radius 2 is 2.00 bits per heavy atom. The number of amides is 1. The molecule has 4 rings (SSSR count). The first-order valence-electron chi connectivity index (χ1n) is 10.3. The fourth-order valence-corrected chi connectivity index (χ4v) is 5.57. The SMILES string of the molecule is CC(C)(C)C1CCc2c(sc(NC(=S)NC(=O)c3ccc4c(c3)OCCO4)c2C#N)C1. The molecule has 0 saturated heterocycles. The number of anilines is 1. The number of hydrogen-bond donors (Lipinski definition) is 2. The van der Waals surface area contributed by atoms with Gasteiger partial charge in [-0.15, -0.1) is 11.3 Å². The van der Waals surface area contributed by atoms with E-state index in [4.69, 9.17) is 21.7 Å². The van der Waals surface area contributed by atoms with E-state index in [1.165, 1.54) is 4.88 Å². The number of thiophene rings is 1. The average molecular weight is 456 g/mol. The molecule has 0 saturated carbocycles. The van der Waals surface area contributed by atoms with Crippen LogP contribution >= 0.6 is 23.6 Å². The molecule has 2 aliphatic rings. The fraction of sp³-hybridized carbons (Fsp3) is 0.435. The van der Waals surface area contributed by atoms with Gasteiger partial charge in [-0.25, -0.2) is 0 Å². The number of rotatable bonds is 2. The molecule has 2 N–H and O–H groups in total. The number of carbonyl (C=O) groups excluding carboxylic acids is 1. The van der Waals surface area contributed by atoms with Crippen LogP contribution in [-0.2, 0) is 12.8 Å². The molecule has 1 aliphatic carbocycles. The summed E-state index contributed by atoms with van der Waals surface area (Å²) < 4.78 is 11.0. The van der Waals surface area contributed by atoms with E-state index in [0.29, 0.717) is 46.8 Å². The van der Waals surface area contributed by atoms with Gasteiger partial charge >= 0.3 is 0 Å². The van der Waals surface area contributed by atoms with Crippen LogP contribution in [0.4, 0.5) is 5.00 Å². The first-order chi connectivity index (χ1) is 14.8. The third-order valence-electron chi connectivity index (χ3n) is 5.86. The molecular formula is C23H25N3O3S2.